The highest BCUT2D eigenvalue weighted by molar-refractivity contribution is 7.18. The molecule has 0 fully saturated rings. The Kier molecular flexibility index (Phi) is 4.59. The fourth-order valence-corrected chi connectivity index (χ4v) is 4.46. The Morgan fingerprint density at radius 3 is 2.93 bits per heavy atom. The van der Waals surface area contributed by atoms with Crippen LogP contribution in [-0.2, 0) is 11.3 Å². The maximum absolute atomic E-state index is 12.9. The van der Waals surface area contributed by atoms with Gasteiger partial charge in [-0.3, -0.25) is 14.2 Å². The van der Waals surface area contributed by atoms with Gasteiger partial charge in [0.1, 0.15) is 11.4 Å². The molecule has 7 heteroatoms. The summed E-state index contributed by atoms with van der Waals surface area (Å²) in [6.07, 6.45) is 6.79. The monoisotopic (exact) mass is 391 g/mol. The van der Waals surface area contributed by atoms with Crippen molar-refractivity contribution in [3.05, 3.63) is 69.4 Å². The van der Waals surface area contributed by atoms with Gasteiger partial charge >= 0.3 is 0 Å². The van der Waals surface area contributed by atoms with Gasteiger partial charge in [-0.25, -0.2) is 4.98 Å². The molecule has 3 heterocycles. The van der Waals surface area contributed by atoms with Crippen molar-refractivity contribution in [3.8, 4) is 22.8 Å². The van der Waals surface area contributed by atoms with Gasteiger partial charge in [0, 0.05) is 27.1 Å². The van der Waals surface area contributed by atoms with E-state index < -0.39 is 0 Å². The van der Waals surface area contributed by atoms with E-state index in [1.54, 1.807) is 35.6 Å². The largest absolute Gasteiger partial charge is 0.324 e. The van der Waals surface area contributed by atoms with Crippen molar-refractivity contribution >= 4 is 44.5 Å². The number of hydrogen-bond donors (Lipinski definition) is 1. The first-order valence-corrected chi connectivity index (χ1v) is 9.78. The van der Waals surface area contributed by atoms with Crippen LogP contribution in [0.2, 0.25) is 0 Å². The summed E-state index contributed by atoms with van der Waals surface area (Å²) in [4.78, 5) is 31.3. The number of rotatable bonds is 4. The molecule has 0 bridgehead atoms. The lowest BCUT2D eigenvalue weighted by atomic mass is 10.2. The summed E-state index contributed by atoms with van der Waals surface area (Å²) in [7, 11) is 0. The number of anilines is 1. The third-order valence-electron chi connectivity index (χ3n) is 3.97. The lowest BCUT2D eigenvalue weighted by Gasteiger charge is -2.08. The Morgan fingerprint density at radius 2 is 2.15 bits per heavy atom. The van der Waals surface area contributed by atoms with Crippen LogP contribution in [0.4, 0.5) is 5.69 Å². The maximum Gasteiger partial charge on any atom is 0.263 e. The summed E-state index contributed by atoms with van der Waals surface area (Å²) in [5.74, 6) is 2.20. The number of thiophene rings is 2. The second-order valence-electron chi connectivity index (χ2n) is 5.76. The lowest BCUT2D eigenvalue weighted by molar-refractivity contribution is -0.116. The second-order valence-corrected chi connectivity index (χ2v) is 7.56. The zero-order valence-electron chi connectivity index (χ0n) is 14.0. The van der Waals surface area contributed by atoms with Gasteiger partial charge in [0.25, 0.3) is 5.56 Å². The zero-order valence-corrected chi connectivity index (χ0v) is 15.6. The van der Waals surface area contributed by atoms with Crippen LogP contribution in [0.5, 0.6) is 0 Å². The van der Waals surface area contributed by atoms with Crippen molar-refractivity contribution in [3.63, 3.8) is 0 Å². The minimum Gasteiger partial charge on any atom is -0.324 e. The van der Waals surface area contributed by atoms with Gasteiger partial charge in [-0.15, -0.1) is 29.1 Å². The number of terminal acetylenes is 1. The number of hydrogen-bond acceptors (Lipinski definition) is 5. The molecular weight excluding hydrogens is 378 g/mol. The number of carbonyl (C=O) groups is 1. The van der Waals surface area contributed by atoms with Crippen LogP contribution in [0.3, 0.4) is 0 Å². The van der Waals surface area contributed by atoms with Crippen molar-refractivity contribution in [2.75, 3.05) is 5.32 Å². The first-order valence-electron chi connectivity index (χ1n) is 8.03. The molecule has 1 aromatic carbocycles. The number of aromatic nitrogens is 2. The molecule has 3 aromatic heterocycles. The Hall–Kier alpha value is -3.21. The third-order valence-corrected chi connectivity index (χ3v) is 5.76. The molecule has 0 radical (unpaired) electrons. The summed E-state index contributed by atoms with van der Waals surface area (Å²) in [5, 5.41) is 7.20. The average Bonchev–Trinajstić information content (AvgIpc) is 3.33. The van der Waals surface area contributed by atoms with Gasteiger partial charge in [0.15, 0.2) is 0 Å². The van der Waals surface area contributed by atoms with Crippen LogP contribution in [0.25, 0.3) is 20.7 Å². The Balaban J connectivity index is 1.63. The molecule has 132 valence electrons. The molecule has 0 aliphatic carbocycles. The zero-order chi connectivity index (χ0) is 18.8. The van der Waals surface area contributed by atoms with E-state index >= 15 is 0 Å². The van der Waals surface area contributed by atoms with Crippen molar-refractivity contribution in [2.45, 2.75) is 6.54 Å². The fraction of sp³-hybridized carbons (Fsp3) is 0.0500. The first kappa shape index (κ1) is 17.2. The van der Waals surface area contributed by atoms with Gasteiger partial charge in [-0.2, -0.15) is 0 Å². The van der Waals surface area contributed by atoms with Crippen molar-refractivity contribution in [2.24, 2.45) is 0 Å². The van der Waals surface area contributed by atoms with Crippen LogP contribution < -0.4 is 10.9 Å². The maximum atomic E-state index is 12.9. The van der Waals surface area contributed by atoms with Crippen LogP contribution in [0.15, 0.2) is 58.3 Å². The molecule has 4 rings (SSSR count). The van der Waals surface area contributed by atoms with Crippen molar-refractivity contribution in [1.82, 2.24) is 9.55 Å². The molecule has 4 aromatic rings. The number of amides is 1. The first-order chi connectivity index (χ1) is 13.2. The second kappa shape index (κ2) is 7.19. The predicted octanol–water partition coefficient (Wildman–Crippen LogP) is 3.81. The lowest BCUT2D eigenvalue weighted by Crippen LogP contribution is -2.27. The summed E-state index contributed by atoms with van der Waals surface area (Å²) in [5.41, 5.74) is 1.90. The molecule has 0 spiro atoms. The summed E-state index contributed by atoms with van der Waals surface area (Å²) >= 11 is 2.99. The SMILES string of the molecule is C#Cc1cccc(NC(=O)Cn2cnc3scc(-c4cccs4)c3c2=O)c1. The van der Waals surface area contributed by atoms with Crippen molar-refractivity contribution in [1.29, 1.82) is 0 Å². The molecule has 0 unspecified atom stereocenters. The normalized spacial score (nSPS) is 10.6. The van der Waals surface area contributed by atoms with Crippen LogP contribution >= 0.6 is 22.7 Å². The molecule has 1 N–H and O–H groups in total. The molecule has 0 aliphatic heterocycles. The van der Waals surface area contributed by atoms with E-state index in [9.17, 15) is 9.59 Å². The topological polar surface area (TPSA) is 64.0 Å². The number of fused-ring (bicyclic) bond motifs is 1. The van der Waals surface area contributed by atoms with Gasteiger partial charge < -0.3 is 5.32 Å². The van der Waals surface area contributed by atoms with Gasteiger partial charge in [-0.05, 0) is 29.6 Å². The molecule has 5 nitrogen and oxygen atoms in total. The molecule has 0 saturated carbocycles. The van der Waals surface area contributed by atoms with Crippen LogP contribution in [-0.4, -0.2) is 15.5 Å². The Morgan fingerprint density at radius 1 is 1.26 bits per heavy atom. The van der Waals surface area contributed by atoms with Gasteiger partial charge in [0.2, 0.25) is 5.91 Å². The summed E-state index contributed by atoms with van der Waals surface area (Å²) in [6.45, 7) is -0.123. The van der Waals surface area contributed by atoms with E-state index in [4.69, 9.17) is 6.42 Å². The Labute approximate surface area is 162 Å². The standard InChI is InChI=1S/C20H13N3O2S2/c1-2-13-5-3-6-14(9-13)22-17(24)10-23-12-21-19-18(20(23)25)15(11-27-19)16-7-4-8-26-16/h1,3-9,11-12H,10H2,(H,22,24). The molecule has 27 heavy (non-hydrogen) atoms. The summed E-state index contributed by atoms with van der Waals surface area (Å²) in [6, 6.07) is 10.9. The number of nitrogens with zero attached hydrogens (tertiary/aromatic N) is 2. The molecule has 0 atom stereocenters. The number of nitrogens with one attached hydrogen (secondary N) is 1. The highest BCUT2D eigenvalue weighted by Gasteiger charge is 2.15. The fourth-order valence-electron chi connectivity index (χ4n) is 2.74. The highest BCUT2D eigenvalue weighted by atomic mass is 32.1. The number of carbonyl (C=O) groups excluding carboxylic acids is 1. The predicted molar refractivity (Wildman–Crippen MR) is 110 cm³/mol. The smallest absolute Gasteiger partial charge is 0.263 e. The Bertz CT molecular complexity index is 1230. The van der Waals surface area contributed by atoms with E-state index in [-0.39, 0.29) is 18.0 Å². The van der Waals surface area contributed by atoms with Crippen LogP contribution in [0, 0.1) is 12.3 Å². The minimum absolute atomic E-state index is 0.123. The third kappa shape index (κ3) is 3.40. The van der Waals surface area contributed by atoms with E-state index in [0.29, 0.717) is 21.5 Å². The summed E-state index contributed by atoms with van der Waals surface area (Å²) < 4.78 is 1.33. The van der Waals surface area contributed by atoms with Gasteiger partial charge in [0.05, 0.1) is 11.7 Å². The molecular formula is C20H13N3O2S2. The average molecular weight is 391 g/mol. The quantitative estimate of drug-likeness (QED) is 0.538. The molecule has 0 saturated heterocycles. The van der Waals surface area contributed by atoms with E-state index in [2.05, 4.69) is 16.2 Å². The molecule has 1 amide bonds. The highest BCUT2D eigenvalue weighted by Crippen LogP contribution is 2.33. The van der Waals surface area contributed by atoms with Gasteiger partial charge in [-0.1, -0.05) is 18.1 Å². The van der Waals surface area contributed by atoms with E-state index in [1.165, 1.54) is 22.2 Å². The van der Waals surface area contributed by atoms with E-state index in [0.717, 1.165) is 10.4 Å². The van der Waals surface area contributed by atoms with E-state index in [1.807, 2.05) is 22.9 Å². The minimum atomic E-state index is -0.319. The van der Waals surface area contributed by atoms with Crippen LogP contribution in [0.1, 0.15) is 5.56 Å². The number of benzene rings is 1. The van der Waals surface area contributed by atoms with Crippen molar-refractivity contribution < 1.29 is 4.79 Å². The molecule has 0 aliphatic rings.